The van der Waals surface area contributed by atoms with Crippen molar-refractivity contribution < 1.29 is 4.39 Å². The molecular weight excluding hydrogens is 305 g/mol. The number of benzene rings is 2. The first-order chi connectivity index (χ1) is 10.1. The summed E-state index contributed by atoms with van der Waals surface area (Å²) in [5.41, 5.74) is 1.80. The first kappa shape index (κ1) is 16.3. The smallest absolute Gasteiger partial charge is 0.128 e. The van der Waals surface area contributed by atoms with E-state index in [2.05, 4.69) is 5.32 Å². The third-order valence-corrected chi connectivity index (χ3v) is 4.51. The highest BCUT2D eigenvalue weighted by molar-refractivity contribution is 7.99. The average Bonchev–Trinajstić information content (AvgIpc) is 2.46. The van der Waals surface area contributed by atoms with Crippen LogP contribution in [0.3, 0.4) is 0 Å². The number of aryl methyl sites for hydroxylation is 1. The van der Waals surface area contributed by atoms with E-state index in [-0.39, 0.29) is 11.9 Å². The molecule has 2 rings (SSSR count). The summed E-state index contributed by atoms with van der Waals surface area (Å²) in [6.45, 7) is 4.81. The van der Waals surface area contributed by atoms with Crippen molar-refractivity contribution in [2.45, 2.75) is 24.8 Å². The molecule has 21 heavy (non-hydrogen) atoms. The molecule has 1 unspecified atom stereocenters. The molecule has 1 nitrogen and oxygen atoms in total. The van der Waals surface area contributed by atoms with Crippen molar-refractivity contribution in [2.75, 3.05) is 12.3 Å². The second-order valence-corrected chi connectivity index (χ2v) is 6.43. The fraction of sp³-hybridized carbons (Fsp3) is 0.294. The molecule has 2 aromatic carbocycles. The van der Waals surface area contributed by atoms with Gasteiger partial charge in [0.05, 0.1) is 0 Å². The van der Waals surface area contributed by atoms with Crippen molar-refractivity contribution >= 4 is 23.4 Å². The zero-order valence-electron chi connectivity index (χ0n) is 12.2. The van der Waals surface area contributed by atoms with Gasteiger partial charge in [-0.15, -0.1) is 11.8 Å². The highest BCUT2D eigenvalue weighted by Crippen LogP contribution is 2.28. The molecule has 0 aliphatic carbocycles. The quantitative estimate of drug-likeness (QED) is 0.730. The molecular formula is C17H19ClFNS. The minimum Gasteiger partial charge on any atom is -0.309 e. The first-order valence-corrected chi connectivity index (χ1v) is 8.34. The molecule has 0 aliphatic rings. The highest BCUT2D eigenvalue weighted by atomic mass is 35.5. The largest absolute Gasteiger partial charge is 0.309 e. The summed E-state index contributed by atoms with van der Waals surface area (Å²) in [6, 6.07) is 13.0. The second kappa shape index (κ2) is 7.83. The van der Waals surface area contributed by atoms with Crippen LogP contribution in [-0.4, -0.2) is 12.3 Å². The second-order valence-electron chi connectivity index (χ2n) is 4.90. The molecule has 0 heterocycles. The van der Waals surface area contributed by atoms with Crippen molar-refractivity contribution in [1.82, 2.24) is 5.32 Å². The van der Waals surface area contributed by atoms with Gasteiger partial charge in [0, 0.05) is 27.3 Å². The molecule has 0 saturated carbocycles. The van der Waals surface area contributed by atoms with E-state index in [0.29, 0.717) is 0 Å². The van der Waals surface area contributed by atoms with E-state index < -0.39 is 0 Å². The molecule has 0 aliphatic heterocycles. The van der Waals surface area contributed by atoms with Crippen LogP contribution in [0.1, 0.15) is 24.1 Å². The van der Waals surface area contributed by atoms with Crippen LogP contribution in [0.2, 0.25) is 5.02 Å². The van der Waals surface area contributed by atoms with Crippen LogP contribution in [0.5, 0.6) is 0 Å². The van der Waals surface area contributed by atoms with Gasteiger partial charge >= 0.3 is 0 Å². The maximum absolute atomic E-state index is 14.1. The van der Waals surface area contributed by atoms with Gasteiger partial charge in [-0.05, 0) is 37.7 Å². The van der Waals surface area contributed by atoms with Crippen LogP contribution in [0, 0.1) is 12.7 Å². The summed E-state index contributed by atoms with van der Waals surface area (Å²) in [7, 11) is 0. The zero-order chi connectivity index (χ0) is 15.2. The fourth-order valence-corrected chi connectivity index (χ4v) is 3.47. The molecule has 4 heteroatoms. The molecule has 0 spiro atoms. The average molecular weight is 324 g/mol. The van der Waals surface area contributed by atoms with E-state index >= 15 is 0 Å². The fourth-order valence-electron chi connectivity index (χ4n) is 2.17. The van der Waals surface area contributed by atoms with Crippen LogP contribution in [0.15, 0.2) is 47.4 Å². The Morgan fingerprint density at radius 2 is 2.05 bits per heavy atom. The standard InChI is InChI=1S/C17H19ClFNS/c1-3-20-17(15-9-12(2)7-8-16(15)19)11-21-14-6-4-5-13(18)10-14/h4-10,17,20H,3,11H2,1-2H3. The van der Waals surface area contributed by atoms with Gasteiger partial charge in [0.15, 0.2) is 0 Å². The molecule has 0 amide bonds. The van der Waals surface area contributed by atoms with Gasteiger partial charge in [-0.2, -0.15) is 0 Å². The first-order valence-electron chi connectivity index (χ1n) is 6.98. The maximum atomic E-state index is 14.1. The number of hydrogen-bond acceptors (Lipinski definition) is 2. The van der Waals surface area contributed by atoms with Gasteiger partial charge in [0.25, 0.3) is 0 Å². The summed E-state index contributed by atoms with van der Waals surface area (Å²) < 4.78 is 14.1. The molecule has 1 atom stereocenters. The van der Waals surface area contributed by atoms with Crippen molar-refractivity contribution in [2.24, 2.45) is 0 Å². The number of hydrogen-bond donors (Lipinski definition) is 1. The van der Waals surface area contributed by atoms with Crippen molar-refractivity contribution in [1.29, 1.82) is 0 Å². The van der Waals surface area contributed by atoms with Gasteiger partial charge in [0.1, 0.15) is 5.82 Å². The van der Waals surface area contributed by atoms with Gasteiger partial charge in [-0.3, -0.25) is 0 Å². The van der Waals surface area contributed by atoms with E-state index in [1.54, 1.807) is 23.9 Å². The lowest BCUT2D eigenvalue weighted by atomic mass is 10.0. The Labute approximate surface area is 134 Å². The predicted molar refractivity (Wildman–Crippen MR) is 89.7 cm³/mol. The van der Waals surface area contributed by atoms with Crippen LogP contribution in [-0.2, 0) is 0 Å². The van der Waals surface area contributed by atoms with Gasteiger partial charge in [0.2, 0.25) is 0 Å². The molecule has 0 aromatic heterocycles. The normalized spacial score (nSPS) is 12.4. The lowest BCUT2D eigenvalue weighted by Gasteiger charge is -2.19. The summed E-state index contributed by atoms with van der Waals surface area (Å²) >= 11 is 7.67. The van der Waals surface area contributed by atoms with Crippen LogP contribution < -0.4 is 5.32 Å². The van der Waals surface area contributed by atoms with Crippen molar-refractivity contribution in [3.8, 4) is 0 Å². The maximum Gasteiger partial charge on any atom is 0.128 e. The summed E-state index contributed by atoms with van der Waals surface area (Å²) in [6.07, 6.45) is 0. The molecule has 0 saturated heterocycles. The predicted octanol–water partition coefficient (Wildman–Crippen LogP) is 5.23. The number of rotatable bonds is 6. The third kappa shape index (κ3) is 4.73. The number of thioether (sulfide) groups is 1. The van der Waals surface area contributed by atoms with Gasteiger partial charge < -0.3 is 5.32 Å². The molecule has 0 fully saturated rings. The molecule has 2 aromatic rings. The van der Waals surface area contributed by atoms with E-state index in [1.807, 2.05) is 44.2 Å². The number of halogens is 2. The monoisotopic (exact) mass is 323 g/mol. The Hall–Kier alpha value is -1.03. The van der Waals surface area contributed by atoms with Gasteiger partial charge in [-0.25, -0.2) is 4.39 Å². The molecule has 0 bridgehead atoms. The van der Waals surface area contributed by atoms with Crippen LogP contribution >= 0.6 is 23.4 Å². The molecule has 112 valence electrons. The van der Waals surface area contributed by atoms with E-state index in [1.165, 1.54) is 0 Å². The van der Waals surface area contributed by atoms with Crippen molar-refractivity contribution in [3.63, 3.8) is 0 Å². The minimum absolute atomic E-state index is 0.0149. The lowest BCUT2D eigenvalue weighted by molar-refractivity contribution is 0.545. The number of nitrogens with one attached hydrogen (secondary N) is 1. The molecule has 0 radical (unpaired) electrons. The topological polar surface area (TPSA) is 12.0 Å². The van der Waals surface area contributed by atoms with Crippen molar-refractivity contribution in [3.05, 3.63) is 64.4 Å². The van der Waals surface area contributed by atoms with Crippen LogP contribution in [0.25, 0.3) is 0 Å². The summed E-state index contributed by atoms with van der Waals surface area (Å²) in [4.78, 5) is 1.10. The Morgan fingerprint density at radius 3 is 2.76 bits per heavy atom. The van der Waals surface area contributed by atoms with E-state index in [4.69, 9.17) is 11.6 Å². The molecule has 1 N–H and O–H groups in total. The zero-order valence-corrected chi connectivity index (χ0v) is 13.8. The van der Waals surface area contributed by atoms with Crippen LogP contribution in [0.4, 0.5) is 4.39 Å². The minimum atomic E-state index is -0.154. The lowest BCUT2D eigenvalue weighted by Crippen LogP contribution is -2.24. The Morgan fingerprint density at radius 1 is 1.24 bits per heavy atom. The van der Waals surface area contributed by atoms with Gasteiger partial charge in [-0.1, -0.05) is 42.3 Å². The Bertz CT molecular complexity index is 603. The van der Waals surface area contributed by atoms with E-state index in [9.17, 15) is 4.39 Å². The Kier molecular flexibility index (Phi) is 6.09. The third-order valence-electron chi connectivity index (χ3n) is 3.19. The Balaban J connectivity index is 2.13. The van der Waals surface area contributed by atoms with E-state index in [0.717, 1.165) is 33.3 Å². The summed E-state index contributed by atoms with van der Waals surface area (Å²) in [5, 5.41) is 4.08. The summed E-state index contributed by atoms with van der Waals surface area (Å²) in [5.74, 6) is 0.604. The highest BCUT2D eigenvalue weighted by Gasteiger charge is 2.15. The SMILES string of the molecule is CCNC(CSc1cccc(Cl)c1)c1cc(C)ccc1F.